The largest absolute Gasteiger partial charge is 0.462 e. The Morgan fingerprint density at radius 3 is 2.89 bits per heavy atom. The lowest BCUT2D eigenvalue weighted by Crippen LogP contribution is -2.09. The number of ether oxygens (including phenoxy) is 1. The average Bonchev–Trinajstić information content (AvgIpc) is 2.31. The fraction of sp³-hybridized carbons (Fsp3) is 0.231. The second-order valence-electron chi connectivity index (χ2n) is 3.78. The van der Waals surface area contributed by atoms with Crippen molar-refractivity contribution in [3.63, 3.8) is 0 Å². The fourth-order valence-electron chi connectivity index (χ4n) is 1.80. The molecule has 18 heavy (non-hydrogen) atoms. The third kappa shape index (κ3) is 2.16. The zero-order chi connectivity index (χ0) is 13.3. The molecule has 2 rings (SSSR count). The summed E-state index contributed by atoms with van der Waals surface area (Å²) >= 11 is 5.97. The molecule has 1 aromatic carbocycles. The summed E-state index contributed by atoms with van der Waals surface area (Å²) in [4.78, 5) is 15.9. The van der Waals surface area contributed by atoms with Gasteiger partial charge in [0.1, 0.15) is 16.5 Å². The summed E-state index contributed by atoms with van der Waals surface area (Å²) in [5.41, 5.74) is 1.31. The highest BCUT2D eigenvalue weighted by Crippen LogP contribution is 2.27. The first-order valence-electron chi connectivity index (χ1n) is 5.47. The van der Waals surface area contributed by atoms with Crippen molar-refractivity contribution in [1.29, 1.82) is 0 Å². The number of halogens is 2. The number of carbonyl (C=O) groups excluding carboxylic acids is 1. The highest BCUT2D eigenvalue weighted by molar-refractivity contribution is 6.33. The predicted octanol–water partition coefficient (Wildman–Crippen LogP) is 3.51. The van der Waals surface area contributed by atoms with E-state index in [0.29, 0.717) is 16.5 Å². The topological polar surface area (TPSA) is 39.2 Å². The second-order valence-corrected chi connectivity index (χ2v) is 4.14. The SMILES string of the molecule is CCOC(=O)c1c(Cl)nc2ccc(F)cc2c1C. The van der Waals surface area contributed by atoms with Gasteiger partial charge in [0.05, 0.1) is 12.1 Å². The van der Waals surface area contributed by atoms with Crippen LogP contribution in [0, 0.1) is 12.7 Å². The van der Waals surface area contributed by atoms with Gasteiger partial charge in [-0.15, -0.1) is 0 Å². The van der Waals surface area contributed by atoms with Crippen LogP contribution in [-0.2, 0) is 4.74 Å². The maximum Gasteiger partial charge on any atom is 0.341 e. The molecule has 1 aromatic heterocycles. The molecule has 2 aromatic rings. The minimum Gasteiger partial charge on any atom is -0.462 e. The first kappa shape index (κ1) is 12.8. The van der Waals surface area contributed by atoms with E-state index in [4.69, 9.17) is 16.3 Å². The summed E-state index contributed by atoms with van der Waals surface area (Å²) in [6.07, 6.45) is 0. The number of hydrogen-bond donors (Lipinski definition) is 0. The summed E-state index contributed by atoms with van der Waals surface area (Å²) in [7, 11) is 0. The maximum atomic E-state index is 13.2. The Morgan fingerprint density at radius 2 is 2.22 bits per heavy atom. The smallest absolute Gasteiger partial charge is 0.341 e. The molecule has 0 aliphatic heterocycles. The summed E-state index contributed by atoms with van der Waals surface area (Å²) in [6.45, 7) is 3.65. The normalized spacial score (nSPS) is 10.7. The van der Waals surface area contributed by atoms with Gasteiger partial charge in [0.2, 0.25) is 0 Å². The molecule has 0 saturated heterocycles. The lowest BCUT2D eigenvalue weighted by atomic mass is 10.1. The minimum absolute atomic E-state index is 0.0741. The van der Waals surface area contributed by atoms with Crippen LogP contribution in [0.3, 0.4) is 0 Å². The van der Waals surface area contributed by atoms with Crippen LogP contribution in [0.1, 0.15) is 22.8 Å². The van der Waals surface area contributed by atoms with Crippen LogP contribution in [0.2, 0.25) is 5.15 Å². The molecule has 0 spiro atoms. The van der Waals surface area contributed by atoms with E-state index < -0.39 is 5.97 Å². The first-order chi connectivity index (χ1) is 8.54. The van der Waals surface area contributed by atoms with Gasteiger partial charge in [-0.05, 0) is 37.6 Å². The van der Waals surface area contributed by atoms with Crippen LogP contribution < -0.4 is 0 Å². The van der Waals surface area contributed by atoms with Crippen LogP contribution in [0.15, 0.2) is 18.2 Å². The number of benzene rings is 1. The van der Waals surface area contributed by atoms with Crippen LogP contribution in [0.25, 0.3) is 10.9 Å². The average molecular weight is 268 g/mol. The number of nitrogens with zero attached hydrogens (tertiary/aromatic N) is 1. The zero-order valence-electron chi connectivity index (χ0n) is 9.96. The first-order valence-corrected chi connectivity index (χ1v) is 5.85. The standard InChI is InChI=1S/C13H11ClFNO2/c1-3-18-13(17)11-7(2)9-6-8(15)4-5-10(9)16-12(11)14/h4-6H,3H2,1-2H3. The lowest BCUT2D eigenvalue weighted by molar-refractivity contribution is 0.0525. The summed E-state index contributed by atoms with van der Waals surface area (Å²) in [5, 5.41) is 0.632. The zero-order valence-corrected chi connectivity index (χ0v) is 10.7. The molecule has 0 saturated carbocycles. The molecule has 0 aliphatic carbocycles. The van der Waals surface area contributed by atoms with E-state index >= 15 is 0 Å². The second kappa shape index (κ2) is 4.90. The van der Waals surface area contributed by atoms with E-state index in [1.807, 2.05) is 0 Å². The number of esters is 1. The molecular weight excluding hydrogens is 257 g/mol. The molecule has 0 bridgehead atoms. The van der Waals surface area contributed by atoms with Gasteiger partial charge >= 0.3 is 5.97 Å². The monoisotopic (exact) mass is 267 g/mol. The number of aromatic nitrogens is 1. The number of aryl methyl sites for hydroxylation is 1. The minimum atomic E-state index is -0.543. The van der Waals surface area contributed by atoms with E-state index in [1.165, 1.54) is 18.2 Å². The third-order valence-electron chi connectivity index (χ3n) is 2.64. The molecule has 1 heterocycles. The fourth-order valence-corrected chi connectivity index (χ4v) is 2.11. The number of hydrogen-bond acceptors (Lipinski definition) is 3. The van der Waals surface area contributed by atoms with Gasteiger partial charge in [0, 0.05) is 5.39 Å². The van der Waals surface area contributed by atoms with Crippen LogP contribution in [0.4, 0.5) is 4.39 Å². The third-order valence-corrected chi connectivity index (χ3v) is 2.92. The van der Waals surface area contributed by atoms with Gasteiger partial charge in [0.25, 0.3) is 0 Å². The lowest BCUT2D eigenvalue weighted by Gasteiger charge is -2.10. The Hall–Kier alpha value is -1.68. The molecule has 0 radical (unpaired) electrons. The number of rotatable bonds is 2. The highest BCUT2D eigenvalue weighted by atomic mass is 35.5. The van der Waals surface area contributed by atoms with Crippen molar-refractivity contribution in [1.82, 2.24) is 4.98 Å². The van der Waals surface area contributed by atoms with E-state index in [1.54, 1.807) is 13.8 Å². The van der Waals surface area contributed by atoms with Crippen molar-refractivity contribution in [2.75, 3.05) is 6.61 Å². The molecule has 94 valence electrons. The molecule has 5 heteroatoms. The molecule has 0 unspecified atom stereocenters. The molecular formula is C13H11ClFNO2. The van der Waals surface area contributed by atoms with Crippen LogP contribution >= 0.6 is 11.6 Å². The van der Waals surface area contributed by atoms with Crippen molar-refractivity contribution in [3.05, 3.63) is 40.3 Å². The van der Waals surface area contributed by atoms with Gasteiger partial charge < -0.3 is 4.74 Å². The van der Waals surface area contributed by atoms with Crippen LogP contribution in [0.5, 0.6) is 0 Å². The quantitative estimate of drug-likeness (QED) is 0.617. The molecule has 0 amide bonds. The van der Waals surface area contributed by atoms with Crippen molar-refractivity contribution < 1.29 is 13.9 Å². The highest BCUT2D eigenvalue weighted by Gasteiger charge is 2.18. The Balaban J connectivity index is 2.70. The Morgan fingerprint density at radius 1 is 1.50 bits per heavy atom. The van der Waals surface area contributed by atoms with Gasteiger partial charge in [-0.3, -0.25) is 0 Å². The van der Waals surface area contributed by atoms with Crippen molar-refractivity contribution in [2.45, 2.75) is 13.8 Å². The molecule has 0 atom stereocenters. The van der Waals surface area contributed by atoms with Gasteiger partial charge in [-0.25, -0.2) is 14.2 Å². The number of pyridine rings is 1. The van der Waals surface area contributed by atoms with Crippen molar-refractivity contribution >= 4 is 28.5 Å². The van der Waals surface area contributed by atoms with Gasteiger partial charge in [-0.1, -0.05) is 11.6 Å². The van der Waals surface area contributed by atoms with E-state index in [-0.39, 0.29) is 23.1 Å². The van der Waals surface area contributed by atoms with Crippen LogP contribution in [-0.4, -0.2) is 17.6 Å². The number of fused-ring (bicyclic) bond motifs is 1. The number of carbonyl (C=O) groups is 1. The molecule has 3 nitrogen and oxygen atoms in total. The van der Waals surface area contributed by atoms with E-state index in [2.05, 4.69) is 4.98 Å². The molecule has 0 N–H and O–H groups in total. The van der Waals surface area contributed by atoms with Gasteiger partial charge in [0.15, 0.2) is 0 Å². The van der Waals surface area contributed by atoms with Crippen molar-refractivity contribution in [2.24, 2.45) is 0 Å². The molecule has 0 fully saturated rings. The maximum absolute atomic E-state index is 13.2. The summed E-state index contributed by atoms with van der Waals surface area (Å²) < 4.78 is 18.1. The van der Waals surface area contributed by atoms with E-state index in [9.17, 15) is 9.18 Å². The van der Waals surface area contributed by atoms with Gasteiger partial charge in [-0.2, -0.15) is 0 Å². The predicted molar refractivity (Wildman–Crippen MR) is 67.4 cm³/mol. The summed E-state index contributed by atoms with van der Waals surface area (Å²) in [6, 6.07) is 4.16. The Labute approximate surface area is 109 Å². The Bertz CT molecular complexity index is 628. The Kier molecular flexibility index (Phi) is 3.48. The van der Waals surface area contributed by atoms with Crippen molar-refractivity contribution in [3.8, 4) is 0 Å². The van der Waals surface area contributed by atoms with E-state index in [0.717, 1.165) is 0 Å². The summed E-state index contributed by atoms with van der Waals surface area (Å²) in [5.74, 6) is -0.928. The molecule has 0 aliphatic rings.